The van der Waals surface area contributed by atoms with E-state index in [1.807, 2.05) is 6.92 Å². The van der Waals surface area contributed by atoms with Gasteiger partial charge in [0.2, 0.25) is 0 Å². The molecule has 0 aliphatic carbocycles. The smallest absolute Gasteiger partial charge is 0.416 e. The van der Waals surface area contributed by atoms with E-state index in [9.17, 15) is 23.3 Å². The van der Waals surface area contributed by atoms with Crippen LogP contribution in [0.15, 0.2) is 42.5 Å². The van der Waals surface area contributed by atoms with Crippen molar-refractivity contribution in [3.63, 3.8) is 0 Å². The number of halogens is 3. The number of nitrogens with zero attached hydrogens (tertiary/aromatic N) is 1. The summed E-state index contributed by atoms with van der Waals surface area (Å²) in [6.07, 6.45) is -4.68. The number of non-ortho nitro benzene ring substituents is 1. The first-order valence-corrected chi connectivity index (χ1v) is 5.87. The topological polar surface area (TPSA) is 52.4 Å². The van der Waals surface area contributed by atoms with Gasteiger partial charge in [-0.15, -0.1) is 0 Å². The number of alkyl halides is 3. The first-order valence-electron chi connectivity index (χ1n) is 5.87. The van der Waals surface area contributed by atoms with E-state index in [0.29, 0.717) is 11.8 Å². The largest absolute Gasteiger partial charge is 0.457 e. The minimum absolute atomic E-state index is 0.236. The summed E-state index contributed by atoms with van der Waals surface area (Å²) < 4.78 is 43.4. The third kappa shape index (κ3) is 3.71. The summed E-state index contributed by atoms with van der Waals surface area (Å²) in [6.45, 7) is 1.85. The molecule has 4 nitrogen and oxygen atoms in total. The zero-order chi connectivity index (χ0) is 15.6. The maximum Gasteiger partial charge on any atom is 0.416 e. The van der Waals surface area contributed by atoms with Gasteiger partial charge < -0.3 is 4.74 Å². The highest BCUT2D eigenvalue weighted by Gasteiger charge is 2.33. The Labute approximate surface area is 117 Å². The first kappa shape index (κ1) is 14.8. The molecule has 0 amide bonds. The molecule has 0 fully saturated rings. The van der Waals surface area contributed by atoms with Gasteiger partial charge in [0.25, 0.3) is 5.69 Å². The third-order valence-corrected chi connectivity index (χ3v) is 2.69. The highest BCUT2D eigenvalue weighted by atomic mass is 19.4. The van der Waals surface area contributed by atoms with Gasteiger partial charge in [-0.2, -0.15) is 13.2 Å². The molecular formula is C14H10F3NO3. The lowest BCUT2D eigenvalue weighted by molar-refractivity contribution is -0.385. The van der Waals surface area contributed by atoms with Gasteiger partial charge in [-0.1, -0.05) is 17.7 Å². The Balaban J connectivity index is 2.40. The zero-order valence-electron chi connectivity index (χ0n) is 10.8. The standard InChI is InChI=1S/C14H10F3NO3/c1-9-2-4-12(5-3-9)21-13-7-10(14(15,16)17)6-11(8-13)18(19)20/h2-8H,1H3. The van der Waals surface area contributed by atoms with Crippen LogP contribution >= 0.6 is 0 Å². The Morgan fingerprint density at radius 1 is 1.05 bits per heavy atom. The van der Waals surface area contributed by atoms with Gasteiger partial charge in [0, 0.05) is 6.07 Å². The number of aryl methyl sites for hydroxylation is 1. The van der Waals surface area contributed by atoms with E-state index in [1.54, 1.807) is 24.3 Å². The Kier molecular flexibility index (Phi) is 3.84. The molecule has 0 atom stereocenters. The number of nitro groups is 1. The van der Waals surface area contributed by atoms with Crippen LogP contribution in [0.2, 0.25) is 0 Å². The van der Waals surface area contributed by atoms with E-state index in [4.69, 9.17) is 4.74 Å². The van der Waals surface area contributed by atoms with E-state index >= 15 is 0 Å². The zero-order valence-corrected chi connectivity index (χ0v) is 10.8. The molecule has 0 unspecified atom stereocenters. The maximum atomic E-state index is 12.7. The molecule has 21 heavy (non-hydrogen) atoms. The van der Waals surface area contributed by atoms with E-state index in [2.05, 4.69) is 0 Å². The number of benzene rings is 2. The molecule has 110 valence electrons. The molecule has 0 radical (unpaired) electrons. The Morgan fingerprint density at radius 2 is 1.67 bits per heavy atom. The average Bonchev–Trinajstić information content (AvgIpc) is 2.40. The predicted molar refractivity (Wildman–Crippen MR) is 69.4 cm³/mol. The molecule has 2 aromatic carbocycles. The Bertz CT molecular complexity index is 666. The summed E-state index contributed by atoms with van der Waals surface area (Å²) in [4.78, 5) is 9.82. The normalized spacial score (nSPS) is 11.2. The van der Waals surface area contributed by atoms with Gasteiger partial charge in [0.15, 0.2) is 0 Å². The van der Waals surface area contributed by atoms with Crippen molar-refractivity contribution in [2.45, 2.75) is 13.1 Å². The van der Waals surface area contributed by atoms with Crippen LogP contribution in [0.1, 0.15) is 11.1 Å². The van der Waals surface area contributed by atoms with Crippen molar-refractivity contribution in [2.24, 2.45) is 0 Å². The van der Waals surface area contributed by atoms with Crippen LogP contribution in [0.25, 0.3) is 0 Å². The minimum atomic E-state index is -4.68. The van der Waals surface area contributed by atoms with E-state index < -0.39 is 22.4 Å². The van der Waals surface area contributed by atoms with Crippen LogP contribution in [0, 0.1) is 17.0 Å². The molecule has 0 N–H and O–H groups in total. The summed E-state index contributed by atoms with van der Waals surface area (Å²) >= 11 is 0. The third-order valence-electron chi connectivity index (χ3n) is 2.69. The molecule has 0 heterocycles. The van der Waals surface area contributed by atoms with Gasteiger partial charge in [-0.25, -0.2) is 0 Å². The van der Waals surface area contributed by atoms with Crippen LogP contribution in [-0.2, 0) is 6.18 Å². The van der Waals surface area contributed by atoms with Crippen molar-refractivity contribution in [3.05, 3.63) is 63.7 Å². The lowest BCUT2D eigenvalue weighted by atomic mass is 10.2. The fraction of sp³-hybridized carbons (Fsp3) is 0.143. The van der Waals surface area contributed by atoms with E-state index in [0.717, 1.165) is 17.7 Å². The number of rotatable bonds is 3. The highest BCUT2D eigenvalue weighted by Crippen LogP contribution is 2.36. The summed E-state index contributed by atoms with van der Waals surface area (Å²) in [7, 11) is 0. The number of hydrogen-bond donors (Lipinski definition) is 0. The SMILES string of the molecule is Cc1ccc(Oc2cc([N+](=O)[O-])cc(C(F)(F)F)c2)cc1. The van der Waals surface area contributed by atoms with Crippen LogP contribution in [0.3, 0.4) is 0 Å². The van der Waals surface area contributed by atoms with Gasteiger partial charge in [-0.3, -0.25) is 10.1 Å². The minimum Gasteiger partial charge on any atom is -0.457 e. The number of nitro benzene ring substituents is 1. The van der Waals surface area contributed by atoms with Crippen LogP contribution < -0.4 is 4.74 Å². The van der Waals surface area contributed by atoms with Gasteiger partial charge in [0.05, 0.1) is 16.6 Å². The summed E-state index contributed by atoms with van der Waals surface area (Å²) in [5.41, 5.74) is -0.844. The molecule has 0 saturated carbocycles. The average molecular weight is 297 g/mol. The van der Waals surface area contributed by atoms with Crippen molar-refractivity contribution in [3.8, 4) is 11.5 Å². The fourth-order valence-electron chi connectivity index (χ4n) is 1.65. The van der Waals surface area contributed by atoms with Crippen LogP contribution in [0.5, 0.6) is 11.5 Å². The van der Waals surface area contributed by atoms with Crippen molar-refractivity contribution in [2.75, 3.05) is 0 Å². The van der Waals surface area contributed by atoms with E-state index in [1.165, 1.54) is 0 Å². The van der Waals surface area contributed by atoms with Crippen molar-refractivity contribution in [1.82, 2.24) is 0 Å². The lowest BCUT2D eigenvalue weighted by Gasteiger charge is -2.10. The second-order valence-electron chi connectivity index (χ2n) is 4.39. The second-order valence-corrected chi connectivity index (χ2v) is 4.39. The molecule has 0 aliphatic heterocycles. The van der Waals surface area contributed by atoms with Crippen molar-refractivity contribution < 1.29 is 22.8 Å². The molecule has 0 aromatic heterocycles. The quantitative estimate of drug-likeness (QED) is 0.608. The molecule has 7 heteroatoms. The summed E-state index contributed by atoms with van der Waals surface area (Å²) in [6, 6.07) is 8.74. The van der Waals surface area contributed by atoms with Gasteiger partial charge in [0.1, 0.15) is 11.5 Å². The summed E-state index contributed by atoms with van der Waals surface area (Å²) in [5.74, 6) is 0.0644. The maximum absolute atomic E-state index is 12.7. The lowest BCUT2D eigenvalue weighted by Crippen LogP contribution is -2.06. The molecule has 0 saturated heterocycles. The monoisotopic (exact) mass is 297 g/mol. The van der Waals surface area contributed by atoms with E-state index in [-0.39, 0.29) is 5.75 Å². The summed E-state index contributed by atoms with van der Waals surface area (Å²) in [5, 5.41) is 10.7. The van der Waals surface area contributed by atoms with Gasteiger partial charge >= 0.3 is 6.18 Å². The molecule has 2 rings (SSSR count). The van der Waals surface area contributed by atoms with Gasteiger partial charge in [-0.05, 0) is 25.1 Å². The Hall–Kier alpha value is -2.57. The van der Waals surface area contributed by atoms with Crippen molar-refractivity contribution >= 4 is 5.69 Å². The number of hydrogen-bond acceptors (Lipinski definition) is 3. The Morgan fingerprint density at radius 3 is 2.19 bits per heavy atom. The molecular weight excluding hydrogens is 287 g/mol. The first-order chi connectivity index (χ1) is 9.75. The molecule has 0 bridgehead atoms. The highest BCUT2D eigenvalue weighted by molar-refractivity contribution is 5.45. The fourth-order valence-corrected chi connectivity index (χ4v) is 1.65. The molecule has 0 aliphatic rings. The predicted octanol–water partition coefficient (Wildman–Crippen LogP) is 4.71. The van der Waals surface area contributed by atoms with Crippen LogP contribution in [0.4, 0.5) is 18.9 Å². The van der Waals surface area contributed by atoms with Crippen molar-refractivity contribution in [1.29, 1.82) is 0 Å². The molecule has 0 spiro atoms. The number of ether oxygens (including phenoxy) is 1. The van der Waals surface area contributed by atoms with Crippen LogP contribution in [-0.4, -0.2) is 4.92 Å². The second kappa shape index (κ2) is 5.43. The molecule has 2 aromatic rings.